The number of hydrogen-bond donors (Lipinski definition) is 1. The molecule has 0 unspecified atom stereocenters. The average Bonchev–Trinajstić information content (AvgIpc) is 3.43. The Balaban J connectivity index is 1.55. The van der Waals surface area contributed by atoms with Gasteiger partial charge in [-0.1, -0.05) is 34.1 Å². The van der Waals surface area contributed by atoms with Gasteiger partial charge in [-0.2, -0.15) is 0 Å². The summed E-state index contributed by atoms with van der Waals surface area (Å²) in [5.74, 6) is 2.49. The number of halogens is 1. The van der Waals surface area contributed by atoms with Crippen LogP contribution in [-0.4, -0.2) is 27.8 Å². The smallest absolute Gasteiger partial charge is 0.165 e. The highest BCUT2D eigenvalue weighted by Gasteiger charge is 2.15. The summed E-state index contributed by atoms with van der Waals surface area (Å²) < 4.78 is 14.2. The normalized spacial score (nSPS) is 11.4. The summed E-state index contributed by atoms with van der Waals surface area (Å²) in [6.07, 6.45) is 3.59. The third kappa shape index (κ3) is 3.78. The van der Waals surface area contributed by atoms with Crippen molar-refractivity contribution in [3.8, 4) is 34.1 Å². The first-order valence-electron chi connectivity index (χ1n) is 9.87. The minimum atomic E-state index is 0.0705. The fourth-order valence-electron chi connectivity index (χ4n) is 3.44. The molecule has 0 aliphatic rings. The Kier molecular flexibility index (Phi) is 5.25. The number of methoxy groups -OCH3 is 1. The quantitative estimate of drug-likeness (QED) is 0.287. The van der Waals surface area contributed by atoms with Crippen molar-refractivity contribution in [3.05, 3.63) is 89.2 Å². The molecule has 6 nitrogen and oxygen atoms in total. The molecule has 0 radical (unpaired) electrons. The second-order valence-corrected chi connectivity index (χ2v) is 7.98. The van der Waals surface area contributed by atoms with Gasteiger partial charge in [0.1, 0.15) is 22.9 Å². The number of fused-ring (bicyclic) bond motifs is 1. The molecule has 0 saturated heterocycles. The molecule has 0 aliphatic heterocycles. The van der Waals surface area contributed by atoms with E-state index >= 15 is 0 Å². The molecule has 7 heteroatoms. The number of imidazole rings is 1. The van der Waals surface area contributed by atoms with Crippen molar-refractivity contribution in [1.82, 2.24) is 9.38 Å². The van der Waals surface area contributed by atoms with Gasteiger partial charge in [0.25, 0.3) is 0 Å². The van der Waals surface area contributed by atoms with E-state index in [0.717, 1.165) is 27.0 Å². The second kappa shape index (κ2) is 8.36. The zero-order chi connectivity index (χ0) is 22.1. The van der Waals surface area contributed by atoms with Crippen LogP contribution in [0.15, 0.2) is 92.9 Å². The molecule has 0 spiro atoms. The molecular formula is C25H18BrN3O3. The van der Waals surface area contributed by atoms with Crippen molar-refractivity contribution < 1.29 is 14.3 Å². The Morgan fingerprint density at radius 3 is 2.66 bits per heavy atom. The van der Waals surface area contributed by atoms with Crippen LogP contribution >= 0.6 is 15.9 Å². The Morgan fingerprint density at radius 2 is 1.84 bits per heavy atom. The van der Waals surface area contributed by atoms with Gasteiger partial charge in [-0.25, -0.2) is 9.98 Å². The number of nitrogens with zero attached hydrogens (tertiary/aromatic N) is 3. The minimum Gasteiger partial charge on any atom is -0.504 e. The van der Waals surface area contributed by atoms with E-state index in [9.17, 15) is 5.11 Å². The predicted octanol–water partition coefficient (Wildman–Crippen LogP) is 6.49. The monoisotopic (exact) mass is 487 g/mol. The van der Waals surface area contributed by atoms with Gasteiger partial charge in [0, 0.05) is 21.8 Å². The lowest BCUT2D eigenvalue weighted by atomic mass is 10.1. The Hall–Kier alpha value is -3.84. The minimum absolute atomic E-state index is 0.0705. The number of ether oxygens (including phenoxy) is 1. The molecule has 0 atom stereocenters. The third-order valence-corrected chi connectivity index (χ3v) is 5.56. The molecule has 1 N–H and O–H groups in total. The Labute approximate surface area is 192 Å². The molecule has 0 saturated carbocycles. The van der Waals surface area contributed by atoms with Gasteiger partial charge in [-0.15, -0.1) is 0 Å². The largest absolute Gasteiger partial charge is 0.504 e. The number of pyridine rings is 1. The highest BCUT2D eigenvalue weighted by atomic mass is 79.9. The van der Waals surface area contributed by atoms with E-state index in [-0.39, 0.29) is 5.75 Å². The van der Waals surface area contributed by atoms with E-state index < -0.39 is 0 Å². The summed E-state index contributed by atoms with van der Waals surface area (Å²) in [5.41, 5.74) is 3.20. The highest BCUT2D eigenvalue weighted by Crippen LogP contribution is 2.36. The Bertz CT molecular complexity index is 1430. The van der Waals surface area contributed by atoms with Crippen LogP contribution in [0.25, 0.3) is 28.2 Å². The van der Waals surface area contributed by atoms with Crippen LogP contribution < -0.4 is 4.74 Å². The second-order valence-electron chi connectivity index (χ2n) is 7.07. The molecule has 0 amide bonds. The zero-order valence-electron chi connectivity index (χ0n) is 17.1. The number of phenolic OH excluding ortho intramolecular Hbond substituents is 1. The van der Waals surface area contributed by atoms with Crippen LogP contribution in [0.5, 0.6) is 11.5 Å². The molecule has 2 aromatic carbocycles. The molecule has 32 heavy (non-hydrogen) atoms. The van der Waals surface area contributed by atoms with E-state index in [1.807, 2.05) is 65.2 Å². The van der Waals surface area contributed by atoms with Gasteiger partial charge < -0.3 is 14.3 Å². The first-order chi connectivity index (χ1) is 15.6. The maximum atomic E-state index is 9.96. The average molecular weight is 488 g/mol. The number of phenols is 1. The molecule has 158 valence electrons. The predicted molar refractivity (Wildman–Crippen MR) is 128 cm³/mol. The van der Waals surface area contributed by atoms with Gasteiger partial charge in [0.2, 0.25) is 0 Å². The number of hydrogen-bond acceptors (Lipinski definition) is 5. The first kappa shape index (κ1) is 20.1. The molecular weight excluding hydrogens is 470 g/mol. The lowest BCUT2D eigenvalue weighted by Crippen LogP contribution is -1.86. The molecule has 5 aromatic rings. The van der Waals surface area contributed by atoms with Crippen LogP contribution in [0.3, 0.4) is 0 Å². The van der Waals surface area contributed by atoms with Crippen molar-refractivity contribution in [3.63, 3.8) is 0 Å². The number of furan rings is 1. The summed E-state index contributed by atoms with van der Waals surface area (Å²) in [6.45, 7) is 0. The van der Waals surface area contributed by atoms with E-state index in [1.54, 1.807) is 24.4 Å². The van der Waals surface area contributed by atoms with Gasteiger partial charge in [-0.3, -0.25) is 4.40 Å². The Morgan fingerprint density at radius 1 is 1.03 bits per heavy atom. The lowest BCUT2D eigenvalue weighted by Gasteiger charge is -2.05. The van der Waals surface area contributed by atoms with Gasteiger partial charge in [-0.05, 0) is 54.6 Å². The van der Waals surface area contributed by atoms with Crippen molar-refractivity contribution in [2.45, 2.75) is 0 Å². The molecule has 5 rings (SSSR count). The zero-order valence-corrected chi connectivity index (χ0v) is 18.7. The van der Waals surface area contributed by atoms with Crippen LogP contribution in [0.2, 0.25) is 0 Å². The topological polar surface area (TPSA) is 72.3 Å². The summed E-state index contributed by atoms with van der Waals surface area (Å²) in [4.78, 5) is 9.45. The van der Waals surface area contributed by atoms with E-state index in [0.29, 0.717) is 23.0 Å². The SMILES string of the molecule is COc1cc(-c2nc3ccccn3c2/N=C/c2ccc(-c3ccc(Br)cc3)o2)ccc1O. The van der Waals surface area contributed by atoms with Gasteiger partial charge in [0.05, 0.1) is 13.3 Å². The van der Waals surface area contributed by atoms with Crippen LogP contribution in [0, 0.1) is 0 Å². The van der Waals surface area contributed by atoms with Gasteiger partial charge in [0.15, 0.2) is 17.3 Å². The maximum absolute atomic E-state index is 9.96. The molecule has 3 aromatic heterocycles. The van der Waals surface area contributed by atoms with Gasteiger partial charge >= 0.3 is 0 Å². The maximum Gasteiger partial charge on any atom is 0.165 e. The summed E-state index contributed by atoms with van der Waals surface area (Å²) in [6, 6.07) is 22.6. The molecule has 0 bridgehead atoms. The van der Waals surface area contributed by atoms with Crippen molar-refractivity contribution >= 4 is 33.6 Å². The third-order valence-electron chi connectivity index (χ3n) is 5.03. The molecule has 3 heterocycles. The summed E-state index contributed by atoms with van der Waals surface area (Å²) in [5, 5.41) is 9.96. The van der Waals surface area contributed by atoms with Crippen LogP contribution in [0.1, 0.15) is 5.76 Å². The fourth-order valence-corrected chi connectivity index (χ4v) is 3.71. The first-order valence-corrected chi connectivity index (χ1v) is 10.7. The van der Waals surface area contributed by atoms with Crippen molar-refractivity contribution in [1.29, 1.82) is 0 Å². The van der Waals surface area contributed by atoms with E-state index in [2.05, 4.69) is 15.9 Å². The van der Waals surface area contributed by atoms with Crippen molar-refractivity contribution in [2.24, 2.45) is 4.99 Å². The van der Waals surface area contributed by atoms with Crippen LogP contribution in [0.4, 0.5) is 5.82 Å². The number of aliphatic imine (C=N–C) groups is 1. The van der Waals surface area contributed by atoms with E-state index in [1.165, 1.54) is 7.11 Å². The molecule has 0 aliphatic carbocycles. The number of benzene rings is 2. The fraction of sp³-hybridized carbons (Fsp3) is 0.0400. The van der Waals surface area contributed by atoms with Crippen molar-refractivity contribution in [2.75, 3.05) is 7.11 Å². The highest BCUT2D eigenvalue weighted by molar-refractivity contribution is 9.10. The lowest BCUT2D eigenvalue weighted by molar-refractivity contribution is 0.373. The number of aromatic nitrogens is 2. The number of aromatic hydroxyl groups is 1. The van der Waals surface area contributed by atoms with Crippen LogP contribution in [-0.2, 0) is 0 Å². The molecule has 0 fully saturated rings. The number of rotatable bonds is 5. The standard InChI is InChI=1S/C25H18BrN3O3/c1-31-22-14-17(7-11-20(22)30)24-25(29-13-3-2-4-23(29)28-24)27-15-19-10-12-21(32-19)16-5-8-18(26)9-6-16/h2-15,30H,1H3/b27-15+. The summed E-state index contributed by atoms with van der Waals surface area (Å²) >= 11 is 3.45. The summed E-state index contributed by atoms with van der Waals surface area (Å²) in [7, 11) is 1.52. The van der Waals surface area contributed by atoms with E-state index in [4.69, 9.17) is 19.1 Å².